The fraction of sp³-hybridized carbons (Fsp3) is 0.467. The van der Waals surface area contributed by atoms with Crippen LogP contribution in [0.4, 0.5) is 5.69 Å². The molecule has 0 spiro atoms. The molecule has 1 fully saturated rings. The van der Waals surface area contributed by atoms with Crippen molar-refractivity contribution in [3.63, 3.8) is 0 Å². The van der Waals surface area contributed by atoms with Gasteiger partial charge < -0.3 is 10.1 Å². The Morgan fingerprint density at radius 1 is 1.37 bits per heavy atom. The summed E-state index contributed by atoms with van der Waals surface area (Å²) in [4.78, 5) is 12.4. The second kappa shape index (κ2) is 5.41. The van der Waals surface area contributed by atoms with Crippen LogP contribution in [0.3, 0.4) is 0 Å². The highest BCUT2D eigenvalue weighted by atomic mass is 16.5. The van der Waals surface area contributed by atoms with Crippen LogP contribution in [0.25, 0.3) is 0 Å². The normalized spacial score (nSPS) is 17.5. The van der Waals surface area contributed by atoms with Gasteiger partial charge in [-0.15, -0.1) is 0 Å². The molecule has 1 amide bonds. The molecule has 0 radical (unpaired) electrons. The quantitative estimate of drug-likeness (QED) is 0.886. The summed E-state index contributed by atoms with van der Waals surface area (Å²) >= 11 is 0. The summed E-state index contributed by atoms with van der Waals surface area (Å²) in [5.41, 5.74) is 1.99. The lowest BCUT2D eigenvalue weighted by molar-refractivity contribution is -0.126. The number of hydrogen-bond donors (Lipinski definition) is 1. The number of carbonyl (C=O) groups is 1. The van der Waals surface area contributed by atoms with Crippen LogP contribution >= 0.6 is 0 Å². The Bertz CT molecular complexity index is 525. The van der Waals surface area contributed by atoms with Crippen LogP contribution in [0.5, 0.6) is 0 Å². The summed E-state index contributed by atoms with van der Waals surface area (Å²) in [5, 5.41) is 12.2. The maximum absolute atomic E-state index is 12.4. The summed E-state index contributed by atoms with van der Waals surface area (Å²) in [6.07, 6.45) is 0.917. The van der Waals surface area contributed by atoms with Crippen LogP contribution in [-0.4, -0.2) is 19.1 Å². The van der Waals surface area contributed by atoms with Crippen molar-refractivity contribution in [3.05, 3.63) is 29.3 Å². The SMILES string of the molecule is Cc1cccc(NC(=O)C2(C#N)CCOCC2)c1C. The molecule has 0 unspecified atom stereocenters. The molecule has 1 aliphatic heterocycles. The highest BCUT2D eigenvalue weighted by molar-refractivity contribution is 5.97. The molecule has 1 heterocycles. The molecule has 1 aromatic carbocycles. The first kappa shape index (κ1) is 13.6. The lowest BCUT2D eigenvalue weighted by atomic mass is 9.80. The standard InChI is InChI=1S/C15H18N2O2/c1-11-4-3-5-13(12(11)2)17-14(18)15(10-16)6-8-19-9-7-15/h3-5H,6-9H2,1-2H3,(H,17,18). The van der Waals surface area contributed by atoms with Gasteiger partial charge in [0.05, 0.1) is 6.07 Å². The van der Waals surface area contributed by atoms with E-state index < -0.39 is 5.41 Å². The zero-order valence-corrected chi connectivity index (χ0v) is 11.3. The second-order valence-corrected chi connectivity index (χ2v) is 5.01. The predicted molar refractivity (Wildman–Crippen MR) is 72.6 cm³/mol. The van der Waals surface area contributed by atoms with Gasteiger partial charge >= 0.3 is 0 Å². The van der Waals surface area contributed by atoms with Crippen molar-refractivity contribution in [2.45, 2.75) is 26.7 Å². The second-order valence-electron chi connectivity index (χ2n) is 5.01. The molecule has 100 valence electrons. The minimum atomic E-state index is -0.950. The first-order chi connectivity index (χ1) is 9.09. The lowest BCUT2D eigenvalue weighted by Crippen LogP contribution is -2.40. The number of rotatable bonds is 2. The van der Waals surface area contributed by atoms with Crippen molar-refractivity contribution in [1.29, 1.82) is 5.26 Å². The molecule has 4 nitrogen and oxygen atoms in total. The number of benzene rings is 1. The Balaban J connectivity index is 2.20. The van der Waals surface area contributed by atoms with E-state index in [2.05, 4.69) is 11.4 Å². The van der Waals surface area contributed by atoms with Gasteiger partial charge in [0, 0.05) is 18.9 Å². The molecular weight excluding hydrogens is 240 g/mol. The minimum absolute atomic E-state index is 0.216. The molecule has 1 aromatic rings. The predicted octanol–water partition coefficient (Wildman–Crippen LogP) is 2.56. The number of ether oxygens (including phenoxy) is 1. The van der Waals surface area contributed by atoms with Crippen molar-refractivity contribution >= 4 is 11.6 Å². The third kappa shape index (κ3) is 2.61. The van der Waals surface area contributed by atoms with E-state index in [1.54, 1.807) is 0 Å². The molecule has 1 aliphatic rings. The summed E-state index contributed by atoms with van der Waals surface area (Å²) in [6.45, 7) is 4.90. The van der Waals surface area contributed by atoms with Crippen molar-refractivity contribution in [3.8, 4) is 6.07 Å². The van der Waals surface area contributed by atoms with E-state index in [9.17, 15) is 10.1 Å². The molecule has 0 aromatic heterocycles. The minimum Gasteiger partial charge on any atom is -0.381 e. The number of nitrogens with zero attached hydrogens (tertiary/aromatic N) is 1. The maximum Gasteiger partial charge on any atom is 0.245 e. The zero-order valence-electron chi connectivity index (χ0n) is 11.3. The van der Waals surface area contributed by atoms with Crippen LogP contribution in [0, 0.1) is 30.6 Å². The van der Waals surface area contributed by atoms with E-state index in [0.717, 1.165) is 16.8 Å². The Labute approximate surface area is 113 Å². The summed E-state index contributed by atoms with van der Waals surface area (Å²) in [6, 6.07) is 7.95. The van der Waals surface area contributed by atoms with Gasteiger partial charge in [0.2, 0.25) is 5.91 Å². The van der Waals surface area contributed by atoms with Crippen LogP contribution < -0.4 is 5.32 Å². The third-order valence-corrected chi connectivity index (χ3v) is 3.85. The first-order valence-corrected chi connectivity index (χ1v) is 6.46. The molecule has 1 saturated heterocycles. The monoisotopic (exact) mass is 258 g/mol. The number of nitriles is 1. The Morgan fingerprint density at radius 2 is 2.05 bits per heavy atom. The molecule has 4 heteroatoms. The van der Waals surface area contributed by atoms with E-state index in [0.29, 0.717) is 26.1 Å². The van der Waals surface area contributed by atoms with E-state index in [4.69, 9.17) is 4.74 Å². The van der Waals surface area contributed by atoms with Crippen molar-refractivity contribution < 1.29 is 9.53 Å². The molecule has 19 heavy (non-hydrogen) atoms. The van der Waals surface area contributed by atoms with Gasteiger partial charge in [-0.3, -0.25) is 4.79 Å². The van der Waals surface area contributed by atoms with Crippen LogP contribution in [-0.2, 0) is 9.53 Å². The van der Waals surface area contributed by atoms with Crippen LogP contribution in [0.15, 0.2) is 18.2 Å². The van der Waals surface area contributed by atoms with Crippen molar-refractivity contribution in [1.82, 2.24) is 0 Å². The Kier molecular flexibility index (Phi) is 3.87. The molecule has 0 bridgehead atoms. The molecule has 0 atom stereocenters. The fourth-order valence-electron chi connectivity index (χ4n) is 2.24. The van der Waals surface area contributed by atoms with E-state index in [-0.39, 0.29) is 5.91 Å². The zero-order chi connectivity index (χ0) is 13.9. The smallest absolute Gasteiger partial charge is 0.245 e. The average molecular weight is 258 g/mol. The Hall–Kier alpha value is -1.86. The van der Waals surface area contributed by atoms with E-state index >= 15 is 0 Å². The molecule has 1 N–H and O–H groups in total. The van der Waals surface area contributed by atoms with Gasteiger partial charge in [0.25, 0.3) is 0 Å². The van der Waals surface area contributed by atoms with Crippen LogP contribution in [0.2, 0.25) is 0 Å². The largest absolute Gasteiger partial charge is 0.381 e. The maximum atomic E-state index is 12.4. The average Bonchev–Trinajstić information content (AvgIpc) is 2.44. The molecule has 0 aliphatic carbocycles. The van der Waals surface area contributed by atoms with Gasteiger partial charge in [-0.25, -0.2) is 0 Å². The van der Waals surface area contributed by atoms with Gasteiger partial charge in [0.15, 0.2) is 0 Å². The van der Waals surface area contributed by atoms with Crippen LogP contribution in [0.1, 0.15) is 24.0 Å². The number of nitrogens with one attached hydrogen (secondary N) is 1. The number of amides is 1. The summed E-state index contributed by atoms with van der Waals surface area (Å²) < 4.78 is 5.24. The fourth-order valence-corrected chi connectivity index (χ4v) is 2.24. The van der Waals surface area contributed by atoms with Crippen molar-refractivity contribution in [2.75, 3.05) is 18.5 Å². The number of anilines is 1. The van der Waals surface area contributed by atoms with E-state index in [1.807, 2.05) is 32.0 Å². The number of carbonyl (C=O) groups excluding carboxylic acids is 1. The summed E-state index contributed by atoms with van der Waals surface area (Å²) in [5.74, 6) is -0.216. The van der Waals surface area contributed by atoms with Gasteiger partial charge in [-0.05, 0) is 43.9 Å². The van der Waals surface area contributed by atoms with Gasteiger partial charge in [-0.2, -0.15) is 5.26 Å². The topological polar surface area (TPSA) is 62.1 Å². The van der Waals surface area contributed by atoms with E-state index in [1.165, 1.54) is 0 Å². The lowest BCUT2D eigenvalue weighted by Gasteiger charge is -2.29. The van der Waals surface area contributed by atoms with Gasteiger partial charge in [-0.1, -0.05) is 12.1 Å². The molecule has 2 rings (SSSR count). The molecular formula is C15H18N2O2. The molecule has 0 saturated carbocycles. The van der Waals surface area contributed by atoms with Gasteiger partial charge in [0.1, 0.15) is 5.41 Å². The highest BCUT2D eigenvalue weighted by Gasteiger charge is 2.40. The first-order valence-electron chi connectivity index (χ1n) is 6.46. The highest BCUT2D eigenvalue weighted by Crippen LogP contribution is 2.32. The van der Waals surface area contributed by atoms with Crippen molar-refractivity contribution in [2.24, 2.45) is 5.41 Å². The number of aryl methyl sites for hydroxylation is 1. The Morgan fingerprint density at radius 3 is 2.68 bits per heavy atom. The third-order valence-electron chi connectivity index (χ3n) is 3.85. The summed E-state index contributed by atoms with van der Waals surface area (Å²) in [7, 11) is 0. The number of hydrogen-bond acceptors (Lipinski definition) is 3.